The summed E-state index contributed by atoms with van der Waals surface area (Å²) in [6.45, 7) is 8.67. The Balaban J connectivity index is 2.57. The number of hydrogen-bond acceptors (Lipinski definition) is 5. The zero-order chi connectivity index (χ0) is 20.9. The van der Waals surface area contributed by atoms with Gasteiger partial charge < -0.3 is 9.84 Å². The molecule has 154 valence electrons. The minimum absolute atomic E-state index is 0.202. The van der Waals surface area contributed by atoms with Crippen molar-refractivity contribution in [1.82, 2.24) is 4.98 Å². The van der Waals surface area contributed by atoms with E-state index in [2.05, 4.69) is 9.98 Å². The Morgan fingerprint density at radius 3 is 2.61 bits per heavy atom. The molecule has 0 radical (unpaired) electrons. The fourth-order valence-corrected chi connectivity index (χ4v) is 3.61. The highest BCUT2D eigenvalue weighted by molar-refractivity contribution is 7.13. The molecule has 1 atom stereocenters. The van der Waals surface area contributed by atoms with Gasteiger partial charge in [0.25, 0.3) is 6.43 Å². The molecule has 0 spiro atoms. The van der Waals surface area contributed by atoms with E-state index < -0.39 is 18.1 Å². The molecule has 1 N–H and O–H groups in total. The van der Waals surface area contributed by atoms with Crippen molar-refractivity contribution in [3.05, 3.63) is 34.8 Å². The Morgan fingerprint density at radius 1 is 1.36 bits per heavy atom. The van der Waals surface area contributed by atoms with E-state index in [1.807, 2.05) is 26.2 Å². The minimum Gasteiger partial charge on any atom is -0.388 e. The first-order chi connectivity index (χ1) is 13.1. The van der Waals surface area contributed by atoms with Crippen LogP contribution in [0.1, 0.15) is 57.8 Å². The summed E-state index contributed by atoms with van der Waals surface area (Å²) in [5, 5.41) is 12.6. The van der Waals surface area contributed by atoms with Crippen LogP contribution in [-0.4, -0.2) is 34.4 Å². The number of rotatable bonds is 9. The molecule has 2 rings (SSSR count). The topological polar surface area (TPSA) is 54.7 Å². The highest BCUT2D eigenvalue weighted by atomic mass is 32.1. The van der Waals surface area contributed by atoms with Crippen LogP contribution in [0.3, 0.4) is 0 Å². The van der Waals surface area contributed by atoms with Gasteiger partial charge in [0, 0.05) is 28.4 Å². The van der Waals surface area contributed by atoms with E-state index in [0.717, 1.165) is 34.7 Å². The lowest BCUT2D eigenvalue weighted by Gasteiger charge is -2.25. The number of aromatic nitrogens is 1. The number of nitrogens with zero attached hydrogens (tertiary/aromatic N) is 2. The number of ether oxygens (including phenoxy) is 1. The quantitative estimate of drug-likeness (QED) is 0.508. The third-order valence-corrected chi connectivity index (χ3v) is 5.00. The molecule has 0 fully saturated rings. The van der Waals surface area contributed by atoms with Crippen LogP contribution in [0.4, 0.5) is 14.5 Å². The Labute approximate surface area is 169 Å². The zero-order valence-corrected chi connectivity index (χ0v) is 17.8. The van der Waals surface area contributed by atoms with Crippen LogP contribution in [0.15, 0.2) is 28.7 Å². The second kappa shape index (κ2) is 9.67. The number of benzene rings is 1. The van der Waals surface area contributed by atoms with E-state index in [1.165, 1.54) is 25.2 Å². The Morgan fingerprint density at radius 2 is 2.07 bits per heavy atom. The lowest BCUT2D eigenvalue weighted by Crippen LogP contribution is -2.29. The molecule has 0 amide bonds. The highest BCUT2D eigenvalue weighted by Crippen LogP contribution is 2.40. The minimum atomic E-state index is -2.74. The van der Waals surface area contributed by atoms with Crippen molar-refractivity contribution in [3.8, 4) is 10.6 Å². The molecule has 2 aromatic rings. The van der Waals surface area contributed by atoms with Crippen LogP contribution < -0.4 is 0 Å². The van der Waals surface area contributed by atoms with Crippen LogP contribution >= 0.6 is 11.3 Å². The molecule has 28 heavy (non-hydrogen) atoms. The third kappa shape index (κ3) is 5.90. The van der Waals surface area contributed by atoms with E-state index in [4.69, 9.17) is 4.74 Å². The van der Waals surface area contributed by atoms with Gasteiger partial charge in [0.2, 0.25) is 0 Å². The molecular weight excluding hydrogens is 382 g/mol. The van der Waals surface area contributed by atoms with Crippen LogP contribution in [-0.2, 0) is 4.74 Å². The number of aliphatic hydroxyl groups is 1. The van der Waals surface area contributed by atoms with Crippen molar-refractivity contribution in [3.63, 3.8) is 0 Å². The van der Waals surface area contributed by atoms with Crippen molar-refractivity contribution in [2.75, 3.05) is 6.61 Å². The number of hydrogen-bond donors (Lipinski definition) is 1. The van der Waals surface area contributed by atoms with E-state index in [0.29, 0.717) is 11.3 Å². The number of alkyl halides is 2. The fraction of sp³-hybridized carbons (Fsp3) is 0.524. The maximum atomic E-state index is 13.9. The maximum Gasteiger partial charge on any atom is 0.268 e. The highest BCUT2D eigenvalue weighted by Gasteiger charge is 2.29. The molecule has 0 saturated carbocycles. The average Bonchev–Trinajstić information content (AvgIpc) is 3.11. The molecule has 7 heteroatoms. The number of aliphatic imine (C=N–C) groups is 1. The van der Waals surface area contributed by atoms with Crippen molar-refractivity contribution in [2.45, 2.75) is 65.6 Å². The molecule has 0 aliphatic carbocycles. The lowest BCUT2D eigenvalue weighted by atomic mass is 9.98. The standard InChI is InChI=1S/C21H28F2N2O2S/c1-6-7-13(2)25-17-14(3)15(20-24-10-11-28-20)8-9-16(17)18(19(22)23)27-12-21(4,5)26/h8-11,18-19,26H,6-7,12H2,1-5H3. The number of halogens is 2. The summed E-state index contributed by atoms with van der Waals surface area (Å²) < 4.78 is 33.2. The summed E-state index contributed by atoms with van der Waals surface area (Å²) in [5.74, 6) is 0. The molecule has 0 aliphatic heterocycles. The molecule has 0 bridgehead atoms. The van der Waals surface area contributed by atoms with E-state index in [9.17, 15) is 13.9 Å². The van der Waals surface area contributed by atoms with Crippen LogP contribution in [0, 0.1) is 6.92 Å². The van der Waals surface area contributed by atoms with Gasteiger partial charge in [-0.3, -0.25) is 4.99 Å². The fourth-order valence-electron chi connectivity index (χ4n) is 2.89. The van der Waals surface area contributed by atoms with Crippen molar-refractivity contribution in [1.29, 1.82) is 0 Å². The van der Waals surface area contributed by atoms with Gasteiger partial charge in [0.15, 0.2) is 0 Å². The van der Waals surface area contributed by atoms with Crippen molar-refractivity contribution in [2.24, 2.45) is 4.99 Å². The lowest BCUT2D eigenvalue weighted by molar-refractivity contribution is -0.105. The summed E-state index contributed by atoms with van der Waals surface area (Å²) in [6, 6.07) is 3.43. The Hall–Kier alpha value is -1.70. The van der Waals surface area contributed by atoms with E-state index >= 15 is 0 Å². The number of thiazole rings is 1. The van der Waals surface area contributed by atoms with E-state index in [-0.39, 0.29) is 6.61 Å². The third-order valence-electron chi connectivity index (χ3n) is 4.19. The molecule has 0 saturated heterocycles. The smallest absolute Gasteiger partial charge is 0.268 e. The van der Waals surface area contributed by atoms with Gasteiger partial charge in [0.1, 0.15) is 11.1 Å². The van der Waals surface area contributed by atoms with Gasteiger partial charge in [-0.15, -0.1) is 11.3 Å². The second-order valence-electron chi connectivity index (χ2n) is 7.49. The monoisotopic (exact) mass is 410 g/mol. The van der Waals surface area contributed by atoms with Crippen LogP contribution in [0.5, 0.6) is 0 Å². The van der Waals surface area contributed by atoms with E-state index in [1.54, 1.807) is 18.3 Å². The van der Waals surface area contributed by atoms with Gasteiger partial charge >= 0.3 is 0 Å². The molecule has 4 nitrogen and oxygen atoms in total. The molecule has 0 aliphatic rings. The predicted molar refractivity (Wildman–Crippen MR) is 111 cm³/mol. The van der Waals surface area contributed by atoms with Gasteiger partial charge in [0.05, 0.1) is 17.9 Å². The summed E-state index contributed by atoms with van der Waals surface area (Å²) >= 11 is 1.49. The van der Waals surface area contributed by atoms with Crippen LogP contribution in [0.25, 0.3) is 10.6 Å². The normalized spacial score (nSPS) is 14.0. The maximum absolute atomic E-state index is 13.9. The summed E-state index contributed by atoms with van der Waals surface area (Å²) in [7, 11) is 0. The second-order valence-corrected chi connectivity index (χ2v) is 8.38. The summed E-state index contributed by atoms with van der Waals surface area (Å²) in [5.41, 5.74) is 2.16. The molecule has 1 aromatic heterocycles. The van der Waals surface area contributed by atoms with Gasteiger partial charge in [-0.2, -0.15) is 0 Å². The summed E-state index contributed by atoms with van der Waals surface area (Å²) in [6.07, 6.45) is -0.794. The van der Waals surface area contributed by atoms with Crippen molar-refractivity contribution < 1.29 is 18.6 Å². The molecule has 1 heterocycles. The molecule has 1 unspecified atom stereocenters. The molecular formula is C21H28F2N2O2S. The SMILES string of the molecule is CCCC(C)=Nc1c(C(OCC(C)(C)O)C(F)F)ccc(-c2nccs2)c1C. The first-order valence-corrected chi connectivity index (χ1v) is 10.2. The average molecular weight is 411 g/mol. The van der Waals surface area contributed by atoms with Crippen molar-refractivity contribution >= 4 is 22.7 Å². The Bertz CT molecular complexity index is 799. The van der Waals surface area contributed by atoms with Gasteiger partial charge in [-0.25, -0.2) is 13.8 Å². The van der Waals surface area contributed by atoms with Gasteiger partial charge in [-0.05, 0) is 39.7 Å². The van der Waals surface area contributed by atoms with Crippen LogP contribution in [0.2, 0.25) is 0 Å². The predicted octanol–water partition coefficient (Wildman–Crippen LogP) is 6.10. The first-order valence-electron chi connectivity index (χ1n) is 9.33. The zero-order valence-electron chi connectivity index (χ0n) is 17.0. The van der Waals surface area contributed by atoms with Gasteiger partial charge in [-0.1, -0.05) is 25.5 Å². The largest absolute Gasteiger partial charge is 0.388 e. The Kier molecular flexibility index (Phi) is 7.80. The first kappa shape index (κ1) is 22.6. The molecule has 1 aromatic carbocycles. The summed E-state index contributed by atoms with van der Waals surface area (Å²) in [4.78, 5) is 9.02.